The molecule has 1 aromatic carbocycles. The molecule has 0 fully saturated rings. The van der Waals surface area contributed by atoms with Crippen LogP contribution in [0.15, 0.2) is 36.4 Å². The number of hydrogen-bond donors (Lipinski definition) is 5. The molecule has 2 amide bonds. The largest absolute Gasteiger partial charge is 0.330 e. The number of rotatable bonds is 15. The lowest BCUT2D eigenvalue weighted by atomic mass is 9.60. The molecule has 9 heteroatoms. The number of hydrogen-bond acceptors (Lipinski definition) is 6. The Balaban J connectivity index is 0.0000116. The first-order chi connectivity index (χ1) is 16.1. The van der Waals surface area contributed by atoms with E-state index in [4.69, 9.17) is 11.6 Å². The smallest absolute Gasteiger partial charge is 0.248 e. The van der Waals surface area contributed by atoms with Gasteiger partial charge in [0.05, 0.1) is 17.3 Å². The predicted octanol–water partition coefficient (Wildman–Crippen LogP) is 3.63. The van der Waals surface area contributed by atoms with Crippen molar-refractivity contribution in [1.82, 2.24) is 10.9 Å². The third-order valence-electron chi connectivity index (χ3n) is 6.05. The van der Waals surface area contributed by atoms with E-state index in [1.54, 1.807) is 11.6 Å². The zero-order valence-corrected chi connectivity index (χ0v) is 22.1. The monoisotopic (exact) mass is 510 g/mol. The van der Waals surface area contributed by atoms with Crippen LogP contribution >= 0.6 is 12.4 Å². The molecule has 1 rings (SSSR count). The molecule has 0 aliphatic rings. The Morgan fingerprint density at radius 2 is 1.66 bits per heavy atom. The highest BCUT2D eigenvalue weighted by Gasteiger charge is 2.52. The molecule has 0 aromatic heterocycles. The normalized spacial score (nSPS) is 14.8. The van der Waals surface area contributed by atoms with Gasteiger partial charge in [-0.25, -0.2) is 11.3 Å². The third kappa shape index (κ3) is 9.72. The van der Waals surface area contributed by atoms with Crippen molar-refractivity contribution in [1.29, 1.82) is 0 Å². The number of hydrazine groups is 1. The van der Waals surface area contributed by atoms with Crippen molar-refractivity contribution in [3.63, 3.8) is 0 Å². The average molecular weight is 511 g/mol. The lowest BCUT2D eigenvalue weighted by molar-refractivity contribution is -0.151. The number of hydroxylamine groups is 1. The summed E-state index contributed by atoms with van der Waals surface area (Å²) in [5.41, 5.74) is 9.06. The Labute approximate surface area is 215 Å². The second kappa shape index (κ2) is 16.4. The molecule has 0 heterocycles. The second-order valence-corrected chi connectivity index (χ2v) is 9.75. The molecule has 35 heavy (non-hydrogen) atoms. The molecule has 0 spiro atoms. The van der Waals surface area contributed by atoms with Gasteiger partial charge in [0.15, 0.2) is 0 Å². The number of benzene rings is 1. The van der Waals surface area contributed by atoms with Crippen LogP contribution < -0.4 is 22.5 Å². The van der Waals surface area contributed by atoms with Crippen molar-refractivity contribution in [3.05, 3.63) is 42.0 Å². The lowest BCUT2D eigenvalue weighted by Crippen LogP contribution is -2.53. The number of allylic oxidation sites excluding steroid dienone is 1. The van der Waals surface area contributed by atoms with Crippen LogP contribution in [0, 0.1) is 29.1 Å². The number of carbonyl (C=O) groups is 3. The summed E-state index contributed by atoms with van der Waals surface area (Å²) in [6.07, 6.45) is 5.65. The topological polar surface area (TPSA) is 148 Å². The second-order valence-electron chi connectivity index (χ2n) is 9.75. The molecule has 0 bridgehead atoms. The van der Waals surface area contributed by atoms with Crippen LogP contribution in [0.5, 0.6) is 0 Å². The number of ketones is 1. The number of carbonyl (C=O) groups excluding carboxylic acids is 3. The molecule has 0 saturated carbocycles. The van der Waals surface area contributed by atoms with E-state index in [0.717, 1.165) is 5.56 Å². The predicted molar refractivity (Wildman–Crippen MR) is 141 cm³/mol. The molecule has 1 unspecified atom stereocenters. The fourth-order valence-corrected chi connectivity index (χ4v) is 4.68. The summed E-state index contributed by atoms with van der Waals surface area (Å²) >= 11 is 0. The quantitative estimate of drug-likeness (QED) is 0.0799. The van der Waals surface area contributed by atoms with Crippen molar-refractivity contribution in [2.24, 2.45) is 40.7 Å². The fraction of sp³-hybridized carbons (Fsp3) is 0.577. The zero-order valence-electron chi connectivity index (χ0n) is 21.3. The molecule has 198 valence electrons. The Morgan fingerprint density at radius 3 is 2.14 bits per heavy atom. The maximum Gasteiger partial charge on any atom is 0.248 e. The van der Waals surface area contributed by atoms with Gasteiger partial charge >= 0.3 is 0 Å². The van der Waals surface area contributed by atoms with E-state index < -0.39 is 29.1 Å². The lowest BCUT2D eigenvalue weighted by Gasteiger charge is -2.41. The van der Waals surface area contributed by atoms with E-state index in [1.807, 2.05) is 64.1 Å². The standard InChI is InChI=1S/C26H42N4O4.ClH/c1-18(2)16-21(24(32)29-28)23(25(33)30-34)26(17-19(3)4,22(31)12-8-9-15-27)14-13-20-10-6-5-7-11-20;/h5-7,10-11,13-14,18-19,21,23,34H,8-9,12,15-17,27-28H2,1-4H3,(H,29,32)(H,30,33);1H/b14-13+;/t21-,23-,26?;/m1./s1. The average Bonchev–Trinajstić information content (AvgIpc) is 2.81. The minimum Gasteiger partial charge on any atom is -0.330 e. The Morgan fingerprint density at radius 1 is 1.03 bits per heavy atom. The SMILES string of the molecule is CC(C)C[C@@H](C(=O)NN)[C@H](C(=O)NO)C(/C=C/c1ccccc1)(CC(C)C)C(=O)CCCCN.Cl. The van der Waals surface area contributed by atoms with Crippen LogP contribution in [-0.4, -0.2) is 29.3 Å². The van der Waals surface area contributed by atoms with Gasteiger partial charge in [0.1, 0.15) is 5.78 Å². The van der Waals surface area contributed by atoms with E-state index in [9.17, 15) is 19.6 Å². The van der Waals surface area contributed by atoms with Crippen LogP contribution in [0.3, 0.4) is 0 Å². The Hall–Kier alpha value is -2.26. The van der Waals surface area contributed by atoms with Gasteiger partial charge in [-0.3, -0.25) is 25.0 Å². The summed E-state index contributed by atoms with van der Waals surface area (Å²) in [4.78, 5) is 40.1. The number of amides is 2. The van der Waals surface area contributed by atoms with E-state index in [1.165, 1.54) is 0 Å². The zero-order chi connectivity index (χ0) is 25.7. The van der Waals surface area contributed by atoms with Gasteiger partial charge in [-0.05, 0) is 49.6 Å². The summed E-state index contributed by atoms with van der Waals surface area (Å²) in [5.74, 6) is 2.01. The highest BCUT2D eigenvalue weighted by atomic mass is 35.5. The molecule has 0 aliphatic heterocycles. The van der Waals surface area contributed by atoms with Gasteiger partial charge < -0.3 is 5.73 Å². The van der Waals surface area contributed by atoms with E-state index in [2.05, 4.69) is 5.43 Å². The molecule has 1 aromatic rings. The van der Waals surface area contributed by atoms with Gasteiger partial charge in [-0.2, -0.15) is 0 Å². The highest BCUT2D eigenvalue weighted by molar-refractivity contribution is 5.97. The molecule has 3 atom stereocenters. The molecule has 8 nitrogen and oxygen atoms in total. The van der Waals surface area contributed by atoms with Crippen molar-refractivity contribution < 1.29 is 19.6 Å². The maximum atomic E-state index is 13.9. The maximum absolute atomic E-state index is 13.9. The first-order valence-corrected chi connectivity index (χ1v) is 12.0. The van der Waals surface area contributed by atoms with Crippen LogP contribution in [-0.2, 0) is 14.4 Å². The molecular weight excluding hydrogens is 468 g/mol. The van der Waals surface area contributed by atoms with Gasteiger partial charge in [0, 0.05) is 6.42 Å². The highest BCUT2D eigenvalue weighted by Crippen LogP contribution is 2.45. The Kier molecular flexibility index (Phi) is 15.4. The number of nitrogens with one attached hydrogen (secondary N) is 2. The number of halogens is 1. The minimum absolute atomic E-state index is 0. The number of Topliss-reactive ketones (excluding diaryl/α,β-unsaturated/α-hetero) is 1. The van der Waals surface area contributed by atoms with E-state index in [0.29, 0.717) is 32.2 Å². The van der Waals surface area contributed by atoms with E-state index >= 15 is 0 Å². The summed E-state index contributed by atoms with van der Waals surface area (Å²) < 4.78 is 0. The Bertz CT molecular complexity index is 817. The van der Waals surface area contributed by atoms with Crippen LogP contribution in [0.1, 0.15) is 65.4 Å². The summed E-state index contributed by atoms with van der Waals surface area (Å²) in [7, 11) is 0. The van der Waals surface area contributed by atoms with Crippen LogP contribution in [0.25, 0.3) is 6.08 Å². The molecule has 0 saturated heterocycles. The number of nitrogens with two attached hydrogens (primary N) is 2. The van der Waals surface area contributed by atoms with E-state index in [-0.39, 0.29) is 36.4 Å². The van der Waals surface area contributed by atoms with Crippen LogP contribution in [0.2, 0.25) is 0 Å². The van der Waals surface area contributed by atoms with Gasteiger partial charge in [-0.15, -0.1) is 12.4 Å². The van der Waals surface area contributed by atoms with Gasteiger partial charge in [-0.1, -0.05) is 70.2 Å². The first kappa shape index (κ1) is 32.7. The minimum atomic E-state index is -1.34. The fourth-order valence-electron chi connectivity index (χ4n) is 4.68. The molecule has 0 aliphatic carbocycles. The molecule has 0 radical (unpaired) electrons. The summed E-state index contributed by atoms with van der Waals surface area (Å²) in [6, 6.07) is 9.45. The number of unbranched alkanes of at least 4 members (excludes halogenated alkanes) is 1. The van der Waals surface area contributed by atoms with Crippen molar-refractivity contribution in [3.8, 4) is 0 Å². The molecular formula is C26H43ClN4O4. The van der Waals surface area contributed by atoms with Crippen molar-refractivity contribution in [2.75, 3.05) is 6.54 Å². The van der Waals surface area contributed by atoms with Crippen LogP contribution in [0.4, 0.5) is 0 Å². The third-order valence-corrected chi connectivity index (χ3v) is 6.05. The first-order valence-electron chi connectivity index (χ1n) is 12.0. The summed E-state index contributed by atoms with van der Waals surface area (Å²) in [5, 5.41) is 9.71. The summed E-state index contributed by atoms with van der Waals surface area (Å²) in [6.45, 7) is 8.24. The van der Waals surface area contributed by atoms with Crippen molar-refractivity contribution >= 4 is 36.1 Å². The molecule has 7 N–H and O–H groups in total. The van der Waals surface area contributed by atoms with Crippen molar-refractivity contribution in [2.45, 2.75) is 59.8 Å². The van der Waals surface area contributed by atoms with Gasteiger partial charge in [0.2, 0.25) is 11.8 Å². The van der Waals surface area contributed by atoms with Gasteiger partial charge in [0.25, 0.3) is 0 Å².